The molecule has 0 atom stereocenters. The summed E-state index contributed by atoms with van der Waals surface area (Å²) in [5, 5.41) is 2.69. The maximum atomic E-state index is 11.6. The van der Waals surface area contributed by atoms with Gasteiger partial charge in [-0.3, -0.25) is 4.79 Å². The summed E-state index contributed by atoms with van der Waals surface area (Å²) in [5.74, 6) is 0.0717. The maximum absolute atomic E-state index is 11.6. The molecular weight excluding hydrogens is 254 g/mol. The molecule has 1 rings (SSSR count). The molecule has 0 aliphatic rings. The molecule has 0 unspecified atom stereocenters. The van der Waals surface area contributed by atoms with Gasteiger partial charge in [0.1, 0.15) is 0 Å². The van der Waals surface area contributed by atoms with Crippen LogP contribution in [0.25, 0.3) is 0 Å². The lowest BCUT2D eigenvalue weighted by molar-refractivity contribution is -0.128. The van der Waals surface area contributed by atoms with Gasteiger partial charge in [0.25, 0.3) is 0 Å². The summed E-state index contributed by atoms with van der Waals surface area (Å²) in [7, 11) is 1.67. The summed E-state index contributed by atoms with van der Waals surface area (Å²) in [4.78, 5) is 11.6. The van der Waals surface area contributed by atoms with E-state index in [1.165, 1.54) is 0 Å². The first-order valence-corrected chi connectivity index (χ1v) is 5.71. The SMILES string of the molecule is CNC(=O)C(C)(C)Cc1cccc(Br)c1. The van der Waals surface area contributed by atoms with Gasteiger partial charge in [0, 0.05) is 16.9 Å². The molecule has 0 bridgehead atoms. The molecule has 0 aliphatic heterocycles. The third kappa shape index (κ3) is 3.34. The first kappa shape index (κ1) is 12.2. The zero-order valence-electron chi connectivity index (χ0n) is 9.30. The molecule has 1 aromatic rings. The van der Waals surface area contributed by atoms with Crippen molar-refractivity contribution in [3.05, 3.63) is 34.3 Å². The fourth-order valence-electron chi connectivity index (χ4n) is 1.58. The minimum atomic E-state index is -0.366. The molecule has 0 fully saturated rings. The third-order valence-electron chi connectivity index (χ3n) is 2.38. The van der Waals surface area contributed by atoms with Gasteiger partial charge < -0.3 is 5.32 Å². The van der Waals surface area contributed by atoms with Gasteiger partial charge in [0.2, 0.25) is 5.91 Å². The molecule has 82 valence electrons. The molecule has 0 spiro atoms. The topological polar surface area (TPSA) is 29.1 Å². The zero-order valence-corrected chi connectivity index (χ0v) is 10.9. The van der Waals surface area contributed by atoms with E-state index in [1.54, 1.807) is 7.05 Å². The Morgan fingerprint density at radius 3 is 2.67 bits per heavy atom. The van der Waals surface area contributed by atoms with Crippen LogP contribution in [0.2, 0.25) is 0 Å². The van der Waals surface area contributed by atoms with Crippen LogP contribution in [0.3, 0.4) is 0 Å². The number of hydrogen-bond donors (Lipinski definition) is 1. The Morgan fingerprint density at radius 2 is 2.13 bits per heavy atom. The van der Waals surface area contributed by atoms with Crippen molar-refractivity contribution in [2.75, 3.05) is 7.05 Å². The Balaban J connectivity index is 2.81. The van der Waals surface area contributed by atoms with Crippen LogP contribution in [-0.2, 0) is 11.2 Å². The van der Waals surface area contributed by atoms with E-state index in [1.807, 2.05) is 38.1 Å². The highest BCUT2D eigenvalue weighted by atomic mass is 79.9. The van der Waals surface area contributed by atoms with Crippen molar-refractivity contribution >= 4 is 21.8 Å². The van der Waals surface area contributed by atoms with Gasteiger partial charge in [0.15, 0.2) is 0 Å². The molecule has 1 amide bonds. The lowest BCUT2D eigenvalue weighted by Crippen LogP contribution is -2.36. The van der Waals surface area contributed by atoms with Gasteiger partial charge in [-0.1, -0.05) is 41.9 Å². The van der Waals surface area contributed by atoms with Gasteiger partial charge in [-0.25, -0.2) is 0 Å². The third-order valence-corrected chi connectivity index (χ3v) is 2.87. The first-order chi connectivity index (χ1) is 6.95. The molecule has 0 aliphatic carbocycles. The quantitative estimate of drug-likeness (QED) is 0.899. The molecule has 0 saturated heterocycles. The van der Waals surface area contributed by atoms with Gasteiger partial charge in [-0.2, -0.15) is 0 Å². The van der Waals surface area contributed by atoms with E-state index in [0.29, 0.717) is 0 Å². The Morgan fingerprint density at radius 1 is 1.47 bits per heavy atom. The van der Waals surface area contributed by atoms with Crippen molar-refractivity contribution in [3.8, 4) is 0 Å². The highest BCUT2D eigenvalue weighted by Crippen LogP contribution is 2.23. The van der Waals surface area contributed by atoms with Crippen LogP contribution >= 0.6 is 15.9 Å². The first-order valence-electron chi connectivity index (χ1n) is 4.92. The Labute approximate surface area is 99.2 Å². The Hall–Kier alpha value is -0.830. The standard InChI is InChI=1S/C12H16BrNO/c1-12(2,11(15)14-3)8-9-5-4-6-10(13)7-9/h4-7H,8H2,1-3H3,(H,14,15). The van der Waals surface area contributed by atoms with Crippen molar-refractivity contribution in [2.45, 2.75) is 20.3 Å². The lowest BCUT2D eigenvalue weighted by atomic mass is 9.85. The second kappa shape index (κ2) is 4.79. The minimum absolute atomic E-state index is 0.0717. The van der Waals surface area contributed by atoms with Crippen LogP contribution < -0.4 is 5.32 Å². The molecule has 0 saturated carbocycles. The number of rotatable bonds is 3. The van der Waals surface area contributed by atoms with Gasteiger partial charge in [-0.05, 0) is 24.1 Å². The van der Waals surface area contributed by atoms with Gasteiger partial charge in [0.05, 0.1) is 0 Å². The summed E-state index contributed by atoms with van der Waals surface area (Å²) >= 11 is 3.42. The average Bonchev–Trinajstić information content (AvgIpc) is 2.15. The molecule has 0 radical (unpaired) electrons. The highest BCUT2D eigenvalue weighted by Gasteiger charge is 2.26. The molecular formula is C12H16BrNO. The number of hydrogen-bond acceptors (Lipinski definition) is 1. The van der Waals surface area contributed by atoms with Crippen LogP contribution in [0.1, 0.15) is 19.4 Å². The summed E-state index contributed by atoms with van der Waals surface area (Å²) in [5.41, 5.74) is 0.799. The Kier molecular flexibility index (Phi) is 3.91. The summed E-state index contributed by atoms with van der Waals surface area (Å²) in [6.07, 6.45) is 0.742. The van der Waals surface area contributed by atoms with Crippen LogP contribution in [0.4, 0.5) is 0 Å². The van der Waals surface area contributed by atoms with Crippen LogP contribution in [0, 0.1) is 5.41 Å². The molecule has 0 heterocycles. The monoisotopic (exact) mass is 269 g/mol. The fraction of sp³-hybridized carbons (Fsp3) is 0.417. The molecule has 1 aromatic carbocycles. The van der Waals surface area contributed by atoms with E-state index in [2.05, 4.69) is 21.2 Å². The Bertz CT molecular complexity index is 360. The largest absolute Gasteiger partial charge is 0.359 e. The number of carbonyl (C=O) groups is 1. The highest BCUT2D eigenvalue weighted by molar-refractivity contribution is 9.10. The molecule has 1 N–H and O–H groups in total. The smallest absolute Gasteiger partial charge is 0.225 e. The number of halogens is 1. The van der Waals surface area contributed by atoms with E-state index in [9.17, 15) is 4.79 Å². The van der Waals surface area contributed by atoms with Gasteiger partial charge in [-0.15, -0.1) is 0 Å². The number of nitrogens with one attached hydrogen (secondary N) is 1. The van der Waals surface area contributed by atoms with E-state index in [-0.39, 0.29) is 11.3 Å². The zero-order chi connectivity index (χ0) is 11.5. The van der Waals surface area contributed by atoms with E-state index in [4.69, 9.17) is 0 Å². The minimum Gasteiger partial charge on any atom is -0.359 e. The second-order valence-corrected chi connectivity index (χ2v) is 5.19. The van der Waals surface area contributed by atoms with Crippen LogP contribution in [0.15, 0.2) is 28.7 Å². The summed E-state index contributed by atoms with van der Waals surface area (Å²) in [6.45, 7) is 3.90. The van der Waals surface area contributed by atoms with Crippen molar-refractivity contribution in [2.24, 2.45) is 5.41 Å². The second-order valence-electron chi connectivity index (χ2n) is 4.27. The molecule has 2 nitrogen and oxygen atoms in total. The molecule has 3 heteroatoms. The van der Waals surface area contributed by atoms with Gasteiger partial charge >= 0.3 is 0 Å². The van der Waals surface area contributed by atoms with Crippen molar-refractivity contribution in [3.63, 3.8) is 0 Å². The van der Waals surface area contributed by atoms with E-state index in [0.717, 1.165) is 16.5 Å². The van der Waals surface area contributed by atoms with Crippen molar-refractivity contribution < 1.29 is 4.79 Å². The number of amides is 1. The average molecular weight is 270 g/mol. The van der Waals surface area contributed by atoms with Crippen molar-refractivity contribution in [1.29, 1.82) is 0 Å². The van der Waals surface area contributed by atoms with Crippen molar-refractivity contribution in [1.82, 2.24) is 5.32 Å². The lowest BCUT2D eigenvalue weighted by Gasteiger charge is -2.22. The molecule has 15 heavy (non-hydrogen) atoms. The van der Waals surface area contributed by atoms with Crippen LogP contribution in [0.5, 0.6) is 0 Å². The van der Waals surface area contributed by atoms with Crippen LogP contribution in [-0.4, -0.2) is 13.0 Å². The normalized spacial score (nSPS) is 11.2. The fourth-order valence-corrected chi connectivity index (χ4v) is 2.02. The number of benzene rings is 1. The van der Waals surface area contributed by atoms with E-state index >= 15 is 0 Å². The van der Waals surface area contributed by atoms with E-state index < -0.39 is 0 Å². The number of carbonyl (C=O) groups excluding carboxylic acids is 1. The summed E-state index contributed by atoms with van der Waals surface area (Å²) in [6, 6.07) is 8.05. The molecule has 0 aromatic heterocycles. The predicted octanol–water partition coefficient (Wildman–Crippen LogP) is 2.76. The predicted molar refractivity (Wildman–Crippen MR) is 65.7 cm³/mol. The maximum Gasteiger partial charge on any atom is 0.225 e. The summed E-state index contributed by atoms with van der Waals surface area (Å²) < 4.78 is 1.05.